The molecule has 4 aliphatic rings. The highest BCUT2D eigenvalue weighted by Crippen LogP contribution is 2.57. The molecule has 9 heteroatoms. The zero-order valence-electron chi connectivity index (χ0n) is 21.5. The summed E-state index contributed by atoms with van der Waals surface area (Å²) >= 11 is 0. The van der Waals surface area contributed by atoms with Gasteiger partial charge in [-0.25, -0.2) is 9.48 Å². The van der Waals surface area contributed by atoms with Crippen molar-refractivity contribution in [3.05, 3.63) is 23.5 Å². The quantitative estimate of drug-likeness (QED) is 0.521. The van der Waals surface area contributed by atoms with Crippen molar-refractivity contribution in [2.24, 2.45) is 29.4 Å². The average Bonchev–Trinajstić information content (AvgIpc) is 3.08. The molecule has 1 aromatic heterocycles. The summed E-state index contributed by atoms with van der Waals surface area (Å²) in [6.07, 6.45) is 9.82. The van der Waals surface area contributed by atoms with Gasteiger partial charge in [0.05, 0.1) is 23.0 Å². The SMILES string of the molecule is CC(=O)NC(C)(C)/C=C/n1ncc(C(=O)N[C@H]2C3CC4CC2C[C@](OC(N)=O)(C4)C3)c1CC(C)C. The number of hydrogen-bond acceptors (Lipinski definition) is 5. The molecule has 192 valence electrons. The van der Waals surface area contributed by atoms with Crippen LogP contribution in [-0.4, -0.2) is 44.9 Å². The molecule has 0 saturated heterocycles. The highest BCUT2D eigenvalue weighted by molar-refractivity contribution is 5.95. The van der Waals surface area contributed by atoms with Gasteiger partial charge >= 0.3 is 6.09 Å². The van der Waals surface area contributed by atoms with Crippen LogP contribution in [0.15, 0.2) is 12.3 Å². The van der Waals surface area contributed by atoms with E-state index in [4.69, 9.17) is 10.5 Å². The minimum Gasteiger partial charge on any atom is -0.443 e. The normalized spacial score (nSPS) is 29.5. The first-order valence-electron chi connectivity index (χ1n) is 12.7. The summed E-state index contributed by atoms with van der Waals surface area (Å²) in [6, 6.07) is 0.0631. The molecule has 4 fully saturated rings. The van der Waals surface area contributed by atoms with Gasteiger partial charge < -0.3 is 21.1 Å². The lowest BCUT2D eigenvalue weighted by molar-refractivity contribution is -0.137. The molecule has 2 unspecified atom stereocenters. The Bertz CT molecular complexity index is 1010. The lowest BCUT2D eigenvalue weighted by atomic mass is 9.52. The molecule has 1 heterocycles. The highest BCUT2D eigenvalue weighted by atomic mass is 16.6. The Kier molecular flexibility index (Phi) is 6.72. The van der Waals surface area contributed by atoms with Crippen LogP contribution in [0.1, 0.15) is 82.8 Å². The molecule has 5 rings (SSSR count). The van der Waals surface area contributed by atoms with Crippen LogP contribution in [0.4, 0.5) is 4.79 Å². The Morgan fingerprint density at radius 1 is 1.26 bits per heavy atom. The van der Waals surface area contributed by atoms with Crippen LogP contribution in [0, 0.1) is 23.7 Å². The molecular formula is C26H39N5O4. The largest absolute Gasteiger partial charge is 0.443 e. The molecule has 0 spiro atoms. The van der Waals surface area contributed by atoms with Crippen molar-refractivity contribution in [2.45, 2.75) is 90.3 Å². The molecule has 3 amide bonds. The third kappa shape index (κ3) is 5.54. The van der Waals surface area contributed by atoms with Gasteiger partial charge in [0.15, 0.2) is 0 Å². The fourth-order valence-electron chi connectivity index (χ4n) is 6.80. The van der Waals surface area contributed by atoms with Gasteiger partial charge in [-0.2, -0.15) is 5.10 Å². The van der Waals surface area contributed by atoms with E-state index in [1.54, 1.807) is 10.9 Å². The van der Waals surface area contributed by atoms with Gasteiger partial charge in [0.25, 0.3) is 5.91 Å². The number of nitrogens with two attached hydrogens (primary N) is 1. The third-order valence-corrected chi connectivity index (χ3v) is 7.71. The average molecular weight is 486 g/mol. The van der Waals surface area contributed by atoms with E-state index in [-0.39, 0.29) is 29.7 Å². The topological polar surface area (TPSA) is 128 Å². The molecule has 9 nitrogen and oxygen atoms in total. The van der Waals surface area contributed by atoms with Crippen molar-refractivity contribution >= 4 is 24.1 Å². The third-order valence-electron chi connectivity index (χ3n) is 7.71. The maximum absolute atomic E-state index is 13.5. The van der Waals surface area contributed by atoms with Crippen LogP contribution >= 0.6 is 0 Å². The van der Waals surface area contributed by atoms with Crippen LogP contribution in [0.3, 0.4) is 0 Å². The zero-order valence-corrected chi connectivity index (χ0v) is 21.5. The van der Waals surface area contributed by atoms with Crippen LogP contribution < -0.4 is 16.4 Å². The molecule has 4 N–H and O–H groups in total. The Morgan fingerprint density at radius 2 is 1.91 bits per heavy atom. The predicted octanol–water partition coefficient (Wildman–Crippen LogP) is 3.24. The van der Waals surface area contributed by atoms with E-state index in [9.17, 15) is 14.4 Å². The van der Waals surface area contributed by atoms with E-state index in [1.165, 1.54) is 6.92 Å². The summed E-state index contributed by atoms with van der Waals surface area (Å²) in [5.41, 5.74) is 5.81. The number of hydrogen-bond donors (Lipinski definition) is 3. The second kappa shape index (κ2) is 9.32. The van der Waals surface area contributed by atoms with Gasteiger partial charge in [-0.05, 0) is 82.1 Å². The summed E-state index contributed by atoms with van der Waals surface area (Å²) in [5, 5.41) is 10.7. The molecule has 35 heavy (non-hydrogen) atoms. The summed E-state index contributed by atoms with van der Waals surface area (Å²) < 4.78 is 7.35. The predicted molar refractivity (Wildman–Crippen MR) is 132 cm³/mol. The van der Waals surface area contributed by atoms with E-state index in [0.717, 1.165) is 37.8 Å². The first-order valence-corrected chi connectivity index (χ1v) is 12.7. The Hall–Kier alpha value is -2.84. The maximum Gasteiger partial charge on any atom is 0.405 e. The van der Waals surface area contributed by atoms with E-state index < -0.39 is 17.2 Å². The van der Waals surface area contributed by atoms with Gasteiger partial charge in [-0.1, -0.05) is 13.8 Å². The summed E-state index contributed by atoms with van der Waals surface area (Å²) in [7, 11) is 0. The minimum absolute atomic E-state index is 0.0631. The number of ether oxygens (including phenoxy) is 1. The number of nitrogens with zero attached hydrogens (tertiary/aromatic N) is 2. The fraction of sp³-hybridized carbons (Fsp3) is 0.692. The smallest absolute Gasteiger partial charge is 0.405 e. The first kappa shape index (κ1) is 25.3. The van der Waals surface area contributed by atoms with E-state index in [1.807, 2.05) is 26.1 Å². The molecule has 2 atom stereocenters. The number of primary amides is 1. The lowest BCUT2D eigenvalue weighted by Crippen LogP contribution is -2.63. The van der Waals surface area contributed by atoms with Crippen LogP contribution in [0.5, 0.6) is 0 Å². The van der Waals surface area contributed by atoms with E-state index in [0.29, 0.717) is 23.8 Å². The molecule has 1 aromatic rings. The van der Waals surface area contributed by atoms with Crippen LogP contribution in [0.2, 0.25) is 0 Å². The molecule has 0 aliphatic heterocycles. The molecule has 4 aliphatic carbocycles. The monoisotopic (exact) mass is 485 g/mol. The van der Waals surface area contributed by atoms with Crippen LogP contribution in [0.25, 0.3) is 6.20 Å². The highest BCUT2D eigenvalue weighted by Gasteiger charge is 2.57. The van der Waals surface area contributed by atoms with Crippen molar-refractivity contribution < 1.29 is 19.1 Å². The summed E-state index contributed by atoms with van der Waals surface area (Å²) in [5.74, 6) is 1.21. The van der Waals surface area contributed by atoms with Crippen molar-refractivity contribution in [1.29, 1.82) is 0 Å². The lowest BCUT2D eigenvalue weighted by Gasteiger charge is -2.58. The van der Waals surface area contributed by atoms with Crippen molar-refractivity contribution in [1.82, 2.24) is 20.4 Å². The molecular weight excluding hydrogens is 446 g/mol. The zero-order chi connectivity index (χ0) is 25.5. The second-order valence-electron chi connectivity index (χ2n) is 11.8. The van der Waals surface area contributed by atoms with Gasteiger partial charge in [-0.15, -0.1) is 0 Å². The Balaban J connectivity index is 1.52. The van der Waals surface area contributed by atoms with Crippen molar-refractivity contribution in [3.63, 3.8) is 0 Å². The minimum atomic E-state index is -0.701. The number of carbonyl (C=O) groups is 3. The number of carbonyl (C=O) groups excluding carboxylic acids is 3. The van der Waals surface area contributed by atoms with Gasteiger partial charge in [-0.3, -0.25) is 9.59 Å². The fourth-order valence-corrected chi connectivity index (χ4v) is 6.80. The van der Waals surface area contributed by atoms with Gasteiger partial charge in [0, 0.05) is 19.2 Å². The Morgan fingerprint density at radius 3 is 2.49 bits per heavy atom. The van der Waals surface area contributed by atoms with Gasteiger partial charge in [0.2, 0.25) is 5.91 Å². The standard InChI is InChI=1S/C26H39N5O4/c1-15(2)8-21-20(14-28-31(21)7-6-25(4,5)30-16(3)32)23(33)29-22-18-9-17-10-19(22)13-26(11-17,12-18)35-24(27)34/h6-7,14-15,17-19,22H,8-13H2,1-5H3,(H2,27,34)(H,29,33)(H,30,32)/b7-6+/t17?,18?,19?,22-,26-. The molecule has 4 bridgehead atoms. The van der Waals surface area contributed by atoms with Crippen molar-refractivity contribution in [3.8, 4) is 0 Å². The first-order chi connectivity index (χ1) is 16.4. The number of amides is 3. The van der Waals surface area contributed by atoms with E-state index >= 15 is 0 Å². The molecule has 0 radical (unpaired) electrons. The molecule has 0 aromatic carbocycles. The van der Waals surface area contributed by atoms with E-state index in [2.05, 4.69) is 29.6 Å². The maximum atomic E-state index is 13.5. The summed E-state index contributed by atoms with van der Waals surface area (Å²) in [4.78, 5) is 36.5. The molecule has 4 saturated carbocycles. The second-order valence-corrected chi connectivity index (χ2v) is 11.8. The van der Waals surface area contributed by atoms with Gasteiger partial charge in [0.1, 0.15) is 5.60 Å². The van der Waals surface area contributed by atoms with Crippen molar-refractivity contribution in [2.75, 3.05) is 0 Å². The number of rotatable bonds is 8. The van der Waals surface area contributed by atoms with Crippen LogP contribution in [-0.2, 0) is 16.0 Å². The summed E-state index contributed by atoms with van der Waals surface area (Å²) in [6.45, 7) is 9.53. The number of aromatic nitrogens is 2. The Labute approximate surface area is 207 Å². The number of nitrogens with one attached hydrogen (secondary N) is 2.